The third-order valence-corrected chi connectivity index (χ3v) is 6.32. The maximum absolute atomic E-state index is 12.6. The van der Waals surface area contributed by atoms with Crippen LogP contribution in [0, 0.1) is 0 Å². The fourth-order valence-corrected chi connectivity index (χ4v) is 4.71. The standard InChI is InChI=1S/C27H27NO3/c29-27(31-24-12-2-1-3-13-24)21-10-6-9-20(16-21)22-11-7-15-28(17-22)18-26-25-14-5-4-8-23(25)19-30-26/h1-6,8-10,12-14,16,22,26H,7,11,15,17-19H2. The maximum Gasteiger partial charge on any atom is 0.343 e. The largest absolute Gasteiger partial charge is 0.423 e. The molecule has 158 valence electrons. The lowest BCUT2D eigenvalue weighted by atomic mass is 9.89. The summed E-state index contributed by atoms with van der Waals surface area (Å²) < 4.78 is 11.6. The summed E-state index contributed by atoms with van der Waals surface area (Å²) in [5, 5.41) is 0. The molecule has 1 saturated heterocycles. The Morgan fingerprint density at radius 3 is 2.74 bits per heavy atom. The minimum absolute atomic E-state index is 0.155. The van der Waals surface area contributed by atoms with Crippen molar-refractivity contribution in [3.05, 3.63) is 101 Å². The maximum atomic E-state index is 12.6. The summed E-state index contributed by atoms with van der Waals surface area (Å²) in [6, 6.07) is 25.7. The number of hydrogen-bond acceptors (Lipinski definition) is 4. The second-order valence-corrected chi connectivity index (χ2v) is 8.43. The molecule has 0 radical (unpaired) electrons. The number of nitrogens with zero attached hydrogens (tertiary/aromatic N) is 1. The highest BCUT2D eigenvalue weighted by Gasteiger charge is 2.28. The van der Waals surface area contributed by atoms with Gasteiger partial charge >= 0.3 is 5.97 Å². The summed E-state index contributed by atoms with van der Waals surface area (Å²) in [6.45, 7) is 3.71. The first-order valence-electron chi connectivity index (χ1n) is 11.1. The van der Waals surface area contributed by atoms with Crippen molar-refractivity contribution in [1.29, 1.82) is 0 Å². The predicted molar refractivity (Wildman–Crippen MR) is 120 cm³/mol. The summed E-state index contributed by atoms with van der Waals surface area (Å²) in [7, 11) is 0. The van der Waals surface area contributed by atoms with Crippen molar-refractivity contribution in [2.24, 2.45) is 0 Å². The summed E-state index contributed by atoms with van der Waals surface area (Å²) in [4.78, 5) is 15.1. The van der Waals surface area contributed by atoms with Gasteiger partial charge in [0.15, 0.2) is 0 Å². The van der Waals surface area contributed by atoms with E-state index in [1.165, 1.54) is 16.7 Å². The number of para-hydroxylation sites is 1. The van der Waals surface area contributed by atoms with Crippen molar-refractivity contribution >= 4 is 5.97 Å². The number of benzene rings is 3. The van der Waals surface area contributed by atoms with E-state index >= 15 is 0 Å². The Hall–Kier alpha value is -2.95. The number of carbonyl (C=O) groups excluding carboxylic acids is 1. The van der Waals surface area contributed by atoms with Crippen LogP contribution in [0.4, 0.5) is 0 Å². The SMILES string of the molecule is O=C(Oc1ccccc1)c1cccc(C2CCCN(CC3OCc4ccccc43)C2)c1. The van der Waals surface area contributed by atoms with E-state index in [-0.39, 0.29) is 12.1 Å². The number of carbonyl (C=O) groups is 1. The zero-order valence-electron chi connectivity index (χ0n) is 17.6. The Morgan fingerprint density at radius 2 is 1.84 bits per heavy atom. The highest BCUT2D eigenvalue weighted by atomic mass is 16.5. The first kappa shape index (κ1) is 20.0. The number of esters is 1. The number of fused-ring (bicyclic) bond motifs is 1. The molecule has 0 spiro atoms. The minimum Gasteiger partial charge on any atom is -0.423 e. The van der Waals surface area contributed by atoms with E-state index in [0.717, 1.165) is 32.5 Å². The Balaban J connectivity index is 1.25. The molecule has 2 aliphatic rings. The molecule has 4 heteroatoms. The van der Waals surface area contributed by atoms with E-state index in [9.17, 15) is 4.79 Å². The van der Waals surface area contributed by atoms with E-state index in [4.69, 9.17) is 9.47 Å². The van der Waals surface area contributed by atoms with Gasteiger partial charge < -0.3 is 9.47 Å². The molecule has 1 fully saturated rings. The second kappa shape index (κ2) is 9.04. The molecule has 0 N–H and O–H groups in total. The van der Waals surface area contributed by atoms with Crippen LogP contribution in [0.5, 0.6) is 5.75 Å². The molecule has 0 saturated carbocycles. The highest BCUT2D eigenvalue weighted by Crippen LogP contribution is 2.34. The lowest BCUT2D eigenvalue weighted by Crippen LogP contribution is -2.37. The van der Waals surface area contributed by atoms with Gasteiger partial charge in [0.05, 0.1) is 18.3 Å². The molecule has 2 atom stereocenters. The second-order valence-electron chi connectivity index (χ2n) is 8.43. The third kappa shape index (κ3) is 4.55. The van der Waals surface area contributed by atoms with E-state index in [0.29, 0.717) is 23.8 Å². The van der Waals surface area contributed by atoms with E-state index in [1.807, 2.05) is 36.4 Å². The molecule has 2 aliphatic heterocycles. The van der Waals surface area contributed by atoms with Gasteiger partial charge in [-0.05, 0) is 66.3 Å². The van der Waals surface area contributed by atoms with Crippen LogP contribution in [-0.4, -0.2) is 30.5 Å². The van der Waals surface area contributed by atoms with Crippen molar-refractivity contribution in [2.45, 2.75) is 31.5 Å². The average molecular weight is 414 g/mol. The molecule has 3 aromatic carbocycles. The smallest absolute Gasteiger partial charge is 0.343 e. The average Bonchev–Trinajstić information content (AvgIpc) is 3.23. The van der Waals surface area contributed by atoms with Crippen LogP contribution >= 0.6 is 0 Å². The molecule has 4 nitrogen and oxygen atoms in total. The van der Waals surface area contributed by atoms with Crippen LogP contribution in [0.2, 0.25) is 0 Å². The molecule has 0 aromatic heterocycles. The molecular weight excluding hydrogens is 386 g/mol. The van der Waals surface area contributed by atoms with Gasteiger partial charge in [0.25, 0.3) is 0 Å². The molecule has 0 bridgehead atoms. The minimum atomic E-state index is -0.309. The quantitative estimate of drug-likeness (QED) is 0.417. The van der Waals surface area contributed by atoms with E-state index in [1.54, 1.807) is 12.1 Å². The molecule has 5 rings (SSSR count). The van der Waals surface area contributed by atoms with Crippen molar-refractivity contribution in [1.82, 2.24) is 4.90 Å². The zero-order valence-corrected chi connectivity index (χ0v) is 17.6. The number of ether oxygens (including phenoxy) is 2. The zero-order chi connectivity index (χ0) is 21.0. The van der Waals surface area contributed by atoms with Gasteiger partial charge in [-0.25, -0.2) is 4.79 Å². The molecule has 3 aromatic rings. The number of piperidine rings is 1. The normalized spacial score (nSPS) is 20.9. The number of likely N-dealkylation sites (tertiary alicyclic amines) is 1. The monoisotopic (exact) mass is 413 g/mol. The van der Waals surface area contributed by atoms with Crippen molar-refractivity contribution < 1.29 is 14.3 Å². The molecule has 31 heavy (non-hydrogen) atoms. The van der Waals surface area contributed by atoms with Gasteiger partial charge in [-0.2, -0.15) is 0 Å². The Kier molecular flexibility index (Phi) is 5.83. The van der Waals surface area contributed by atoms with Crippen molar-refractivity contribution in [2.75, 3.05) is 19.6 Å². The Labute approximate surface area is 183 Å². The van der Waals surface area contributed by atoms with Crippen molar-refractivity contribution in [3.8, 4) is 5.75 Å². The fraction of sp³-hybridized carbons (Fsp3) is 0.296. The summed E-state index contributed by atoms with van der Waals surface area (Å²) >= 11 is 0. The molecule has 2 unspecified atom stereocenters. The summed E-state index contributed by atoms with van der Waals surface area (Å²) in [5.41, 5.74) is 4.45. The first-order valence-corrected chi connectivity index (χ1v) is 11.1. The lowest BCUT2D eigenvalue weighted by Gasteiger charge is -2.34. The summed E-state index contributed by atoms with van der Waals surface area (Å²) in [5.74, 6) is 0.671. The van der Waals surface area contributed by atoms with Gasteiger partial charge in [-0.3, -0.25) is 4.90 Å². The fourth-order valence-electron chi connectivity index (χ4n) is 4.71. The summed E-state index contributed by atoms with van der Waals surface area (Å²) in [6.07, 6.45) is 2.44. The van der Waals surface area contributed by atoms with Crippen LogP contribution in [0.1, 0.15) is 51.9 Å². The van der Waals surface area contributed by atoms with Gasteiger partial charge in [-0.1, -0.05) is 54.6 Å². The van der Waals surface area contributed by atoms with Crippen LogP contribution in [0.15, 0.2) is 78.9 Å². The third-order valence-electron chi connectivity index (χ3n) is 6.32. The van der Waals surface area contributed by atoms with Gasteiger partial charge in [0.2, 0.25) is 0 Å². The molecule has 0 aliphatic carbocycles. The van der Waals surface area contributed by atoms with E-state index in [2.05, 4.69) is 35.2 Å². The number of rotatable bonds is 5. The highest BCUT2D eigenvalue weighted by molar-refractivity contribution is 5.91. The van der Waals surface area contributed by atoms with Crippen LogP contribution in [0.25, 0.3) is 0 Å². The number of hydrogen-bond donors (Lipinski definition) is 0. The first-order chi connectivity index (χ1) is 15.3. The van der Waals surface area contributed by atoms with Gasteiger partial charge in [-0.15, -0.1) is 0 Å². The Bertz CT molecular complexity index is 1050. The Morgan fingerprint density at radius 1 is 1.00 bits per heavy atom. The molecule has 0 amide bonds. The van der Waals surface area contributed by atoms with E-state index < -0.39 is 0 Å². The van der Waals surface area contributed by atoms with Crippen LogP contribution < -0.4 is 4.74 Å². The molecule has 2 heterocycles. The van der Waals surface area contributed by atoms with Crippen LogP contribution in [0.3, 0.4) is 0 Å². The topological polar surface area (TPSA) is 38.8 Å². The lowest BCUT2D eigenvalue weighted by molar-refractivity contribution is 0.0297. The van der Waals surface area contributed by atoms with Crippen LogP contribution in [-0.2, 0) is 11.3 Å². The molecular formula is C27H27NO3. The van der Waals surface area contributed by atoms with Crippen molar-refractivity contribution in [3.63, 3.8) is 0 Å². The van der Waals surface area contributed by atoms with Gasteiger partial charge in [0, 0.05) is 13.1 Å². The predicted octanol–water partition coefficient (Wildman–Crippen LogP) is 5.36. The van der Waals surface area contributed by atoms with Gasteiger partial charge in [0.1, 0.15) is 5.75 Å².